The first-order chi connectivity index (χ1) is 13.5. The van der Waals surface area contributed by atoms with Gasteiger partial charge in [0, 0.05) is 45.1 Å². The fourth-order valence-electron chi connectivity index (χ4n) is 3.41. The maximum absolute atomic E-state index is 12.3. The molecule has 0 aromatic rings. The van der Waals surface area contributed by atoms with E-state index in [4.69, 9.17) is 5.11 Å². The van der Waals surface area contributed by atoms with Crippen molar-refractivity contribution >= 4 is 47.5 Å². The van der Waals surface area contributed by atoms with Crippen LogP contribution in [0.5, 0.6) is 0 Å². The first-order valence-corrected chi connectivity index (χ1v) is 10.2. The van der Waals surface area contributed by atoms with E-state index in [9.17, 15) is 28.8 Å². The number of unbranched alkanes of at least 4 members (excludes halogenated alkanes) is 1. The van der Waals surface area contributed by atoms with Gasteiger partial charge in [-0.05, 0) is 12.8 Å². The fraction of sp³-hybridized carbons (Fsp3) is 0.667. The quantitative estimate of drug-likeness (QED) is 0.297. The van der Waals surface area contributed by atoms with Crippen LogP contribution in [-0.2, 0) is 28.7 Å². The van der Waals surface area contributed by atoms with Crippen LogP contribution in [0.1, 0.15) is 53.4 Å². The fourth-order valence-corrected chi connectivity index (χ4v) is 5.03. The number of thioether (sulfide) groups is 1. The highest BCUT2D eigenvalue weighted by Crippen LogP contribution is 2.41. The van der Waals surface area contributed by atoms with Crippen LogP contribution in [0, 0.1) is 0 Å². The summed E-state index contributed by atoms with van der Waals surface area (Å²) in [6.07, 6.45) is 2.17. The molecule has 2 heterocycles. The van der Waals surface area contributed by atoms with Gasteiger partial charge in [0.15, 0.2) is 0 Å². The van der Waals surface area contributed by atoms with E-state index >= 15 is 0 Å². The van der Waals surface area contributed by atoms with Crippen LogP contribution in [-0.4, -0.2) is 73.7 Å². The van der Waals surface area contributed by atoms with E-state index in [1.54, 1.807) is 11.8 Å². The van der Waals surface area contributed by atoms with Crippen LogP contribution in [0.15, 0.2) is 0 Å². The van der Waals surface area contributed by atoms with Gasteiger partial charge in [0.1, 0.15) is 0 Å². The van der Waals surface area contributed by atoms with E-state index in [0.717, 1.165) is 12.8 Å². The van der Waals surface area contributed by atoms with E-state index in [-0.39, 0.29) is 35.6 Å². The molecule has 0 spiro atoms. The molecule has 0 radical (unpaired) electrons. The number of nitrogens with zero attached hydrogens (tertiary/aromatic N) is 2. The van der Waals surface area contributed by atoms with Crippen molar-refractivity contribution in [3.63, 3.8) is 0 Å². The third-order valence-corrected chi connectivity index (χ3v) is 5.87. The number of aliphatic carboxylic acids is 1. The van der Waals surface area contributed by atoms with E-state index in [0.29, 0.717) is 12.2 Å². The van der Waals surface area contributed by atoms with E-state index < -0.39 is 23.9 Å². The maximum Gasteiger partial charge on any atom is 0.334 e. The number of imide groups is 2. The summed E-state index contributed by atoms with van der Waals surface area (Å²) in [7, 11) is 0. The Morgan fingerprint density at radius 1 is 1.00 bits per heavy atom. The topological polar surface area (TPSA) is 138 Å². The zero-order chi connectivity index (χ0) is 22.3. The van der Waals surface area contributed by atoms with Crippen molar-refractivity contribution < 1.29 is 38.6 Å². The van der Waals surface area contributed by atoms with Crippen molar-refractivity contribution in [2.75, 3.05) is 5.75 Å². The molecule has 10 nitrogen and oxygen atoms in total. The van der Waals surface area contributed by atoms with E-state index in [2.05, 4.69) is 4.74 Å². The molecule has 162 valence electrons. The smallest absolute Gasteiger partial charge is 0.334 e. The summed E-state index contributed by atoms with van der Waals surface area (Å²) in [5.41, 5.74) is 0. The Balaban J connectivity index is 0.000000516. The molecule has 0 aromatic carbocycles. The molecule has 4 amide bonds. The molecule has 2 fully saturated rings. The number of rotatable bonds is 5. The monoisotopic (exact) mass is 430 g/mol. The van der Waals surface area contributed by atoms with Gasteiger partial charge in [0.2, 0.25) is 11.8 Å². The molecule has 0 unspecified atom stereocenters. The van der Waals surface area contributed by atoms with Crippen molar-refractivity contribution in [2.24, 2.45) is 0 Å². The first kappa shape index (κ1) is 24.6. The van der Waals surface area contributed by atoms with Crippen LogP contribution in [0.4, 0.5) is 4.79 Å². The van der Waals surface area contributed by atoms with Crippen molar-refractivity contribution in [1.29, 1.82) is 0 Å². The molecule has 2 aliphatic rings. The highest BCUT2D eigenvalue weighted by molar-refractivity contribution is 8.00. The second-order valence-corrected chi connectivity index (χ2v) is 7.99. The molecular weight excluding hydrogens is 404 g/mol. The van der Waals surface area contributed by atoms with E-state index in [1.165, 1.54) is 37.5 Å². The molecule has 2 saturated heterocycles. The number of hydrogen-bond acceptors (Lipinski definition) is 8. The number of carboxylic acids is 1. The second-order valence-electron chi connectivity index (χ2n) is 6.72. The number of urea groups is 1. The number of fused-ring (bicyclic) bond motifs is 1. The second kappa shape index (κ2) is 10.9. The molecule has 3 atom stereocenters. The van der Waals surface area contributed by atoms with Gasteiger partial charge in [-0.2, -0.15) is 11.8 Å². The lowest BCUT2D eigenvalue weighted by atomic mass is 10.0. The summed E-state index contributed by atoms with van der Waals surface area (Å²) >= 11 is 1.65. The normalized spacial score (nSPS) is 22.5. The number of carbonyl (C=O) groups excluding carboxylic acids is 5. The van der Waals surface area contributed by atoms with Crippen LogP contribution >= 0.6 is 11.8 Å². The number of carbonyl (C=O) groups is 6. The minimum Gasteiger partial charge on any atom is -0.481 e. The molecule has 0 aliphatic carbocycles. The van der Waals surface area contributed by atoms with Gasteiger partial charge in [-0.1, -0.05) is 6.42 Å². The minimum absolute atomic E-state index is 0.0657. The standard InChI is InChI=1S/C14H20N2O5S.C4H6O3/c1-8(17)15-10-7-22-11(5-3-4-6-12(19)20)13(10)16(9(2)18)14(15)21;1-3(5)7-4(2)6/h10-11,13H,3-7H2,1-2H3,(H,19,20);1-2H3/t10-,11-,13-;/m0./s1. The first-order valence-electron chi connectivity index (χ1n) is 9.13. The Morgan fingerprint density at radius 3 is 1.97 bits per heavy atom. The average molecular weight is 430 g/mol. The highest BCUT2D eigenvalue weighted by Gasteiger charge is 2.55. The lowest BCUT2D eigenvalue weighted by Crippen LogP contribution is -2.43. The summed E-state index contributed by atoms with van der Waals surface area (Å²) in [5, 5.41) is 8.72. The third kappa shape index (κ3) is 6.84. The Morgan fingerprint density at radius 2 is 1.55 bits per heavy atom. The molecular formula is C18H26N2O8S. The summed E-state index contributed by atoms with van der Waals surface area (Å²) < 4.78 is 3.97. The maximum atomic E-state index is 12.3. The Bertz CT molecular complexity index is 683. The van der Waals surface area contributed by atoms with Crippen LogP contribution in [0.25, 0.3) is 0 Å². The van der Waals surface area contributed by atoms with Crippen molar-refractivity contribution in [1.82, 2.24) is 9.80 Å². The predicted octanol–water partition coefficient (Wildman–Crippen LogP) is 1.41. The highest BCUT2D eigenvalue weighted by atomic mass is 32.2. The molecule has 0 bridgehead atoms. The zero-order valence-electron chi connectivity index (χ0n) is 16.9. The van der Waals surface area contributed by atoms with Crippen molar-refractivity contribution in [3.05, 3.63) is 0 Å². The molecule has 1 N–H and O–H groups in total. The van der Waals surface area contributed by atoms with Gasteiger partial charge < -0.3 is 9.84 Å². The van der Waals surface area contributed by atoms with Crippen LogP contribution < -0.4 is 0 Å². The number of esters is 2. The van der Waals surface area contributed by atoms with Gasteiger partial charge in [-0.3, -0.25) is 33.8 Å². The lowest BCUT2D eigenvalue weighted by molar-refractivity contribution is -0.156. The van der Waals surface area contributed by atoms with Gasteiger partial charge in [-0.15, -0.1) is 0 Å². The van der Waals surface area contributed by atoms with Crippen LogP contribution in [0.3, 0.4) is 0 Å². The molecule has 29 heavy (non-hydrogen) atoms. The summed E-state index contributed by atoms with van der Waals surface area (Å²) in [4.78, 5) is 68.4. The predicted molar refractivity (Wildman–Crippen MR) is 103 cm³/mol. The SMILES string of the molecule is CC(=O)N1C(=O)N(C(C)=O)[C@H]2CS[C@@H](CCCCC(=O)O)[C@H]21.CC(=O)OC(C)=O. The molecule has 2 aliphatic heterocycles. The Labute approximate surface area is 172 Å². The Hall–Kier alpha value is -2.43. The molecule has 2 rings (SSSR count). The zero-order valence-corrected chi connectivity index (χ0v) is 17.7. The number of amides is 4. The van der Waals surface area contributed by atoms with Crippen molar-refractivity contribution in [3.8, 4) is 0 Å². The van der Waals surface area contributed by atoms with Gasteiger partial charge >= 0.3 is 23.9 Å². The molecule has 0 saturated carbocycles. The Kier molecular flexibility index (Phi) is 9.28. The number of carboxylic acid groups (broad SMARTS) is 1. The summed E-state index contributed by atoms with van der Waals surface area (Å²) in [6.45, 7) is 5.04. The average Bonchev–Trinajstić information content (AvgIpc) is 3.06. The van der Waals surface area contributed by atoms with E-state index in [1.807, 2.05) is 0 Å². The lowest BCUT2D eigenvalue weighted by Gasteiger charge is -2.24. The molecule has 0 aromatic heterocycles. The largest absolute Gasteiger partial charge is 0.481 e. The minimum atomic E-state index is -0.818. The van der Waals surface area contributed by atoms with Gasteiger partial charge in [0.25, 0.3) is 0 Å². The number of ether oxygens (including phenoxy) is 1. The third-order valence-electron chi connectivity index (χ3n) is 4.39. The van der Waals surface area contributed by atoms with Crippen molar-refractivity contribution in [2.45, 2.75) is 70.7 Å². The number of hydrogen-bond donors (Lipinski definition) is 1. The van der Waals surface area contributed by atoms with Gasteiger partial charge in [-0.25, -0.2) is 4.79 Å². The molecule has 11 heteroatoms. The van der Waals surface area contributed by atoms with Crippen LogP contribution in [0.2, 0.25) is 0 Å². The summed E-state index contributed by atoms with van der Waals surface area (Å²) in [6, 6.07) is -1.07. The van der Waals surface area contributed by atoms with Gasteiger partial charge in [0.05, 0.1) is 12.1 Å². The summed E-state index contributed by atoms with van der Waals surface area (Å²) in [5.74, 6) is -2.00.